The summed E-state index contributed by atoms with van der Waals surface area (Å²) in [6.07, 6.45) is -2.28. The number of aromatic nitrogens is 1. The predicted molar refractivity (Wildman–Crippen MR) is 38.4 cm³/mol. The van der Waals surface area contributed by atoms with Crippen LogP contribution in [0.4, 0.5) is 8.78 Å². The number of alkyl halides is 2. The summed E-state index contributed by atoms with van der Waals surface area (Å²) in [5.41, 5.74) is -2.74. The minimum atomic E-state index is -3.08. The van der Waals surface area contributed by atoms with E-state index in [1.165, 1.54) is 6.07 Å². The van der Waals surface area contributed by atoms with Crippen LogP contribution in [0.25, 0.3) is 0 Å². The van der Waals surface area contributed by atoms with Gasteiger partial charge in [-0.05, 0) is 0 Å². The lowest BCUT2D eigenvalue weighted by Gasteiger charge is -2.01. The summed E-state index contributed by atoms with van der Waals surface area (Å²) in [6, 6.07) is 1.34. The molecule has 0 aromatic carbocycles. The van der Waals surface area contributed by atoms with Crippen molar-refractivity contribution in [3.8, 4) is 11.8 Å². The van der Waals surface area contributed by atoms with Gasteiger partial charge in [0.2, 0.25) is 0 Å². The molecule has 0 saturated carbocycles. The van der Waals surface area contributed by atoms with Crippen molar-refractivity contribution in [3.63, 3.8) is 0 Å². The molecule has 0 radical (unpaired) electrons. The van der Waals surface area contributed by atoms with E-state index in [-0.39, 0.29) is 0 Å². The van der Waals surface area contributed by atoms with Gasteiger partial charge in [-0.1, -0.05) is 0 Å². The van der Waals surface area contributed by atoms with Crippen LogP contribution in [0.3, 0.4) is 0 Å². The van der Waals surface area contributed by atoms with Gasteiger partial charge in [0.1, 0.15) is 22.9 Å². The molecule has 6 heteroatoms. The number of hydrogen-bond donors (Lipinski definition) is 2. The molecule has 4 nitrogen and oxygen atoms in total. The normalized spacial score (nSPS) is 10.0. The Morgan fingerprint density at radius 2 is 2.23 bits per heavy atom. The van der Waals surface area contributed by atoms with E-state index >= 15 is 0 Å². The maximum absolute atomic E-state index is 12.2. The van der Waals surface area contributed by atoms with Crippen LogP contribution < -0.4 is 5.56 Å². The Hall–Kier alpha value is -1.90. The smallest absolute Gasteiger partial charge is 0.270 e. The van der Waals surface area contributed by atoms with Gasteiger partial charge in [0.05, 0.1) is 0 Å². The monoisotopic (exact) mass is 186 g/mol. The summed E-state index contributed by atoms with van der Waals surface area (Å²) in [4.78, 5) is 12.7. The summed E-state index contributed by atoms with van der Waals surface area (Å²) in [5.74, 6) is -0.655. The number of hydrogen-bond acceptors (Lipinski definition) is 3. The number of halogens is 2. The first-order valence-electron chi connectivity index (χ1n) is 3.20. The fraction of sp³-hybridized carbons (Fsp3) is 0.143. The molecule has 1 aromatic heterocycles. The molecule has 0 unspecified atom stereocenters. The maximum atomic E-state index is 12.2. The molecule has 0 aliphatic carbocycles. The third-order valence-corrected chi connectivity index (χ3v) is 1.44. The van der Waals surface area contributed by atoms with Crippen molar-refractivity contribution >= 4 is 0 Å². The highest BCUT2D eigenvalue weighted by Gasteiger charge is 2.20. The first-order chi connectivity index (χ1) is 6.07. The van der Waals surface area contributed by atoms with Crippen molar-refractivity contribution in [1.82, 2.24) is 4.98 Å². The molecule has 0 aliphatic rings. The Bertz CT molecular complexity index is 419. The van der Waals surface area contributed by atoms with E-state index in [0.29, 0.717) is 0 Å². The van der Waals surface area contributed by atoms with Crippen molar-refractivity contribution in [2.75, 3.05) is 0 Å². The van der Waals surface area contributed by atoms with Gasteiger partial charge < -0.3 is 10.1 Å². The molecule has 13 heavy (non-hydrogen) atoms. The number of aromatic hydroxyl groups is 1. The van der Waals surface area contributed by atoms with E-state index in [1.807, 2.05) is 4.98 Å². The van der Waals surface area contributed by atoms with E-state index in [2.05, 4.69) is 0 Å². The number of nitriles is 1. The lowest BCUT2D eigenvalue weighted by atomic mass is 10.1. The van der Waals surface area contributed by atoms with E-state index < -0.39 is 28.9 Å². The molecule has 0 bridgehead atoms. The SMILES string of the molecule is N#Cc1c(O)c[nH]c(=O)c1C(F)F. The first-order valence-corrected chi connectivity index (χ1v) is 3.20. The van der Waals surface area contributed by atoms with Crippen LogP contribution in [0.2, 0.25) is 0 Å². The number of nitrogens with one attached hydrogen (secondary N) is 1. The van der Waals surface area contributed by atoms with E-state index in [0.717, 1.165) is 6.20 Å². The zero-order chi connectivity index (χ0) is 10.0. The van der Waals surface area contributed by atoms with Gasteiger partial charge in [-0.2, -0.15) is 5.26 Å². The zero-order valence-corrected chi connectivity index (χ0v) is 6.21. The van der Waals surface area contributed by atoms with Crippen molar-refractivity contribution < 1.29 is 13.9 Å². The van der Waals surface area contributed by atoms with Crippen molar-refractivity contribution in [2.45, 2.75) is 6.43 Å². The highest BCUT2D eigenvalue weighted by atomic mass is 19.3. The van der Waals surface area contributed by atoms with Gasteiger partial charge in [-0.25, -0.2) is 8.78 Å². The Balaban J connectivity index is 3.56. The van der Waals surface area contributed by atoms with Crippen LogP contribution in [-0.4, -0.2) is 10.1 Å². The molecule has 0 aliphatic heterocycles. The van der Waals surface area contributed by atoms with Gasteiger partial charge in [-0.3, -0.25) is 4.79 Å². The molecular weight excluding hydrogens is 182 g/mol. The number of nitrogens with zero attached hydrogens (tertiary/aromatic N) is 1. The molecule has 0 fully saturated rings. The lowest BCUT2D eigenvalue weighted by molar-refractivity contribution is 0.149. The fourth-order valence-corrected chi connectivity index (χ4v) is 0.861. The van der Waals surface area contributed by atoms with Crippen LogP contribution in [-0.2, 0) is 0 Å². The van der Waals surface area contributed by atoms with Crippen molar-refractivity contribution in [2.24, 2.45) is 0 Å². The molecule has 1 aromatic rings. The van der Waals surface area contributed by atoms with E-state index in [1.54, 1.807) is 0 Å². The van der Waals surface area contributed by atoms with Gasteiger partial charge in [0, 0.05) is 6.20 Å². The molecule has 0 atom stereocenters. The second-order valence-electron chi connectivity index (χ2n) is 2.20. The summed E-state index contributed by atoms with van der Waals surface area (Å²) in [5, 5.41) is 17.3. The zero-order valence-electron chi connectivity index (χ0n) is 6.21. The third kappa shape index (κ3) is 1.49. The molecule has 2 N–H and O–H groups in total. The Morgan fingerprint density at radius 1 is 1.62 bits per heavy atom. The standard InChI is InChI=1S/C7H4F2N2O2/c8-6(9)5-3(1-10)4(12)2-11-7(5)13/h2,6,12H,(H,11,13). The molecule has 0 amide bonds. The fourth-order valence-electron chi connectivity index (χ4n) is 0.861. The van der Waals surface area contributed by atoms with E-state index in [4.69, 9.17) is 10.4 Å². The third-order valence-electron chi connectivity index (χ3n) is 1.44. The average Bonchev–Trinajstić information content (AvgIpc) is 2.07. The first kappa shape index (κ1) is 9.19. The minimum absolute atomic E-state index is 0.655. The Labute approximate surface area is 71.1 Å². The number of aromatic amines is 1. The predicted octanol–water partition coefficient (Wildman–Crippen LogP) is 0.890. The van der Waals surface area contributed by atoms with Gasteiger partial charge >= 0.3 is 0 Å². The lowest BCUT2D eigenvalue weighted by Crippen LogP contribution is -2.14. The van der Waals surface area contributed by atoms with Gasteiger partial charge in [0.15, 0.2) is 0 Å². The van der Waals surface area contributed by atoms with Crippen LogP contribution in [0, 0.1) is 11.3 Å². The summed E-state index contributed by atoms with van der Waals surface area (Å²) >= 11 is 0. The summed E-state index contributed by atoms with van der Waals surface area (Å²) in [7, 11) is 0. The summed E-state index contributed by atoms with van der Waals surface area (Å²) in [6.45, 7) is 0. The number of H-pyrrole nitrogens is 1. The highest BCUT2D eigenvalue weighted by Crippen LogP contribution is 2.23. The van der Waals surface area contributed by atoms with Crippen molar-refractivity contribution in [1.29, 1.82) is 5.26 Å². The molecule has 0 spiro atoms. The Kier molecular flexibility index (Phi) is 2.28. The maximum Gasteiger partial charge on any atom is 0.270 e. The largest absolute Gasteiger partial charge is 0.505 e. The summed E-state index contributed by atoms with van der Waals surface area (Å²) < 4.78 is 24.3. The highest BCUT2D eigenvalue weighted by molar-refractivity contribution is 5.46. The molecule has 1 rings (SSSR count). The molecule has 1 heterocycles. The number of rotatable bonds is 1. The van der Waals surface area contributed by atoms with Gasteiger partial charge in [-0.15, -0.1) is 0 Å². The number of pyridine rings is 1. The second kappa shape index (κ2) is 3.23. The minimum Gasteiger partial charge on any atom is -0.505 e. The quantitative estimate of drug-likeness (QED) is 0.683. The van der Waals surface area contributed by atoms with Crippen LogP contribution >= 0.6 is 0 Å². The topological polar surface area (TPSA) is 76.9 Å². The second-order valence-corrected chi connectivity index (χ2v) is 2.20. The van der Waals surface area contributed by atoms with Gasteiger partial charge in [0.25, 0.3) is 12.0 Å². The van der Waals surface area contributed by atoms with E-state index in [9.17, 15) is 13.6 Å². The van der Waals surface area contributed by atoms with Crippen molar-refractivity contribution in [3.05, 3.63) is 27.7 Å². The Morgan fingerprint density at radius 3 is 2.62 bits per heavy atom. The van der Waals surface area contributed by atoms with Crippen LogP contribution in [0.1, 0.15) is 17.6 Å². The molecule has 0 saturated heterocycles. The average molecular weight is 186 g/mol. The molecular formula is C7H4F2N2O2. The van der Waals surface area contributed by atoms with Crippen LogP contribution in [0.5, 0.6) is 5.75 Å². The molecule has 68 valence electrons. The van der Waals surface area contributed by atoms with Crippen LogP contribution in [0.15, 0.2) is 11.0 Å².